The lowest BCUT2D eigenvalue weighted by molar-refractivity contribution is 0.233. The monoisotopic (exact) mass is 576 g/mol. The van der Waals surface area contributed by atoms with Crippen molar-refractivity contribution in [2.24, 2.45) is 22.0 Å². The summed E-state index contributed by atoms with van der Waals surface area (Å²) in [5.41, 5.74) is 6.28. The number of rotatable bonds is 5. The Labute approximate surface area is 247 Å². The minimum absolute atomic E-state index is 0.0596. The molecule has 42 heavy (non-hydrogen) atoms. The molecule has 210 valence electrons. The number of hydrogen-bond donors (Lipinski definition) is 1. The number of hydrogen-bond acceptors (Lipinski definition) is 4. The second kappa shape index (κ2) is 11.6. The average Bonchev–Trinajstić information content (AvgIpc) is 3.46. The van der Waals surface area contributed by atoms with Crippen molar-refractivity contribution >= 4 is 17.0 Å². The Morgan fingerprint density at radius 1 is 0.667 bits per heavy atom. The van der Waals surface area contributed by atoms with Crippen LogP contribution in [0.4, 0.5) is 8.78 Å². The number of nitrogens with zero attached hydrogens (tertiary/aromatic N) is 3. The summed E-state index contributed by atoms with van der Waals surface area (Å²) < 4.78 is 29.9. The molecule has 2 aliphatic rings. The molecule has 0 amide bonds. The van der Waals surface area contributed by atoms with Gasteiger partial charge in [-0.3, -0.25) is 4.57 Å². The van der Waals surface area contributed by atoms with Crippen molar-refractivity contribution in [1.29, 1.82) is 0 Å². The van der Waals surface area contributed by atoms with Crippen LogP contribution in [0.25, 0.3) is 16.9 Å². The van der Waals surface area contributed by atoms with Gasteiger partial charge < -0.3 is 5.32 Å². The van der Waals surface area contributed by atoms with Crippen molar-refractivity contribution < 1.29 is 8.78 Å². The van der Waals surface area contributed by atoms with Gasteiger partial charge in [0.05, 0.1) is 11.4 Å². The third kappa shape index (κ3) is 5.14. The van der Waals surface area contributed by atoms with Gasteiger partial charge >= 0.3 is 0 Å². The first-order valence-electron chi connectivity index (χ1n) is 14.4. The summed E-state index contributed by atoms with van der Waals surface area (Å²) in [6.45, 7) is 0. The number of para-hydroxylation sites is 1. The van der Waals surface area contributed by atoms with Crippen LogP contribution in [-0.2, 0) is 0 Å². The van der Waals surface area contributed by atoms with E-state index in [2.05, 4.69) is 39.5 Å². The van der Waals surface area contributed by atoms with Crippen molar-refractivity contribution in [2.75, 3.05) is 0 Å². The molecular weight excluding hydrogens is 546 g/mol. The number of nitrogens with one attached hydrogen (secondary N) is 1. The summed E-state index contributed by atoms with van der Waals surface area (Å²) >= 11 is 1.57. The molecule has 1 saturated carbocycles. The topological polar surface area (TPSA) is 41.7 Å². The van der Waals surface area contributed by atoms with Crippen LogP contribution >= 0.6 is 11.3 Å². The van der Waals surface area contributed by atoms with Crippen LogP contribution in [0.5, 0.6) is 0 Å². The minimum Gasteiger partial charge on any atom is -0.302 e. The van der Waals surface area contributed by atoms with Crippen LogP contribution in [0.2, 0.25) is 0 Å². The van der Waals surface area contributed by atoms with E-state index in [1.807, 2.05) is 60.7 Å². The number of thiazole rings is 1. The van der Waals surface area contributed by atoms with Crippen molar-refractivity contribution in [3.63, 3.8) is 0 Å². The Balaban J connectivity index is 1.37. The van der Waals surface area contributed by atoms with Crippen molar-refractivity contribution in [3.05, 3.63) is 142 Å². The fourth-order valence-electron chi connectivity index (χ4n) is 6.49. The maximum absolute atomic E-state index is 13.9. The zero-order valence-corrected chi connectivity index (χ0v) is 23.7. The minimum atomic E-state index is -0.257. The van der Waals surface area contributed by atoms with E-state index < -0.39 is 0 Å². The van der Waals surface area contributed by atoms with E-state index in [-0.39, 0.29) is 35.6 Å². The van der Waals surface area contributed by atoms with E-state index in [4.69, 9.17) is 10.2 Å². The summed E-state index contributed by atoms with van der Waals surface area (Å²) in [5, 5.41) is 16.0. The Morgan fingerprint density at radius 3 is 1.79 bits per heavy atom. The van der Waals surface area contributed by atoms with Gasteiger partial charge in [0.15, 0.2) is 0 Å². The number of aromatic nitrogens is 1. The van der Waals surface area contributed by atoms with Crippen LogP contribution < -0.4 is 10.1 Å². The first kappa shape index (κ1) is 26.7. The molecule has 1 N–H and O–H groups in total. The lowest BCUT2D eigenvalue weighted by Gasteiger charge is -2.47. The van der Waals surface area contributed by atoms with Crippen LogP contribution in [-0.4, -0.2) is 10.3 Å². The molecule has 7 rings (SSSR count). The summed E-state index contributed by atoms with van der Waals surface area (Å²) in [6, 6.07) is 33.9. The number of piperidine rings is 1. The second-order valence-corrected chi connectivity index (χ2v) is 11.8. The number of halogens is 2. The molecular formula is C35H30F2N4S. The SMILES string of the molecule is Fc1ccc([C@H]2N[C@@H](c3ccc(F)cc3)C3CCCC2C3=N/N=c2\scc(-c3ccccc3)n2-c2ccccc2)cc1. The molecule has 1 aliphatic heterocycles. The Kier molecular flexibility index (Phi) is 7.36. The third-order valence-electron chi connectivity index (χ3n) is 8.46. The Hall–Kier alpha value is -4.20. The summed E-state index contributed by atoms with van der Waals surface area (Å²) in [4.78, 5) is 0.792. The van der Waals surface area contributed by atoms with Crippen molar-refractivity contribution in [3.8, 4) is 16.9 Å². The maximum atomic E-state index is 13.9. The molecule has 1 aromatic heterocycles. The molecule has 0 radical (unpaired) electrons. The van der Waals surface area contributed by atoms with E-state index in [0.717, 1.165) is 57.8 Å². The van der Waals surface area contributed by atoms with Gasteiger partial charge in [-0.2, -0.15) is 5.10 Å². The first-order chi connectivity index (χ1) is 20.7. The zero-order chi connectivity index (χ0) is 28.5. The van der Waals surface area contributed by atoms with Gasteiger partial charge in [-0.1, -0.05) is 79.2 Å². The van der Waals surface area contributed by atoms with Gasteiger partial charge in [0.2, 0.25) is 4.80 Å². The van der Waals surface area contributed by atoms with Gasteiger partial charge in [0, 0.05) is 35.0 Å². The normalized spacial score (nSPS) is 23.3. The molecule has 4 aromatic carbocycles. The standard InChI is InChI=1S/C35H30F2N4S/c36-26-18-14-24(15-19-26)32-29-12-7-13-30(33(38-32)25-16-20-27(37)21-17-25)34(29)39-40-35-41(28-10-5-2-6-11-28)31(22-42-35)23-8-3-1-4-9-23/h1-6,8-11,14-22,29-30,32-33,38H,7,12-13H2/b39-34?,40-35-/t29?,30?,32-,33+. The molecule has 2 unspecified atom stereocenters. The van der Waals surface area contributed by atoms with Gasteiger partial charge in [0.25, 0.3) is 0 Å². The van der Waals surface area contributed by atoms with Crippen molar-refractivity contribution in [1.82, 2.24) is 9.88 Å². The first-order valence-corrected chi connectivity index (χ1v) is 15.2. The molecule has 5 aromatic rings. The molecule has 1 aliphatic carbocycles. The van der Waals surface area contributed by atoms with Crippen LogP contribution in [0.1, 0.15) is 42.5 Å². The lowest BCUT2D eigenvalue weighted by atomic mass is 9.67. The highest BCUT2D eigenvalue weighted by Crippen LogP contribution is 2.46. The maximum Gasteiger partial charge on any atom is 0.215 e. The fraction of sp³-hybridized carbons (Fsp3) is 0.200. The van der Waals surface area contributed by atoms with E-state index in [9.17, 15) is 8.78 Å². The fourth-order valence-corrected chi connectivity index (χ4v) is 7.35. The molecule has 0 spiro atoms. The highest BCUT2D eigenvalue weighted by molar-refractivity contribution is 7.07. The van der Waals surface area contributed by atoms with Crippen LogP contribution in [0.15, 0.2) is 125 Å². The van der Waals surface area contributed by atoms with E-state index >= 15 is 0 Å². The molecule has 4 atom stereocenters. The highest BCUT2D eigenvalue weighted by atomic mass is 32.1. The van der Waals surface area contributed by atoms with Gasteiger partial charge in [0.1, 0.15) is 11.6 Å². The van der Waals surface area contributed by atoms with Gasteiger partial charge in [-0.25, -0.2) is 8.78 Å². The number of fused-ring (bicyclic) bond motifs is 2. The quantitative estimate of drug-likeness (QED) is 0.210. The Bertz CT molecular complexity index is 1700. The second-order valence-electron chi connectivity index (χ2n) is 10.9. The summed E-state index contributed by atoms with van der Waals surface area (Å²) in [6.07, 6.45) is 3.00. The highest BCUT2D eigenvalue weighted by Gasteiger charge is 2.45. The smallest absolute Gasteiger partial charge is 0.215 e. The predicted molar refractivity (Wildman–Crippen MR) is 164 cm³/mol. The molecule has 2 heterocycles. The molecule has 2 bridgehead atoms. The summed E-state index contributed by atoms with van der Waals surface area (Å²) in [5.74, 6) is -0.276. The van der Waals surface area contributed by atoms with Gasteiger partial charge in [-0.05, 0) is 65.9 Å². The number of benzene rings is 4. The van der Waals surface area contributed by atoms with E-state index in [0.29, 0.717) is 0 Å². The van der Waals surface area contributed by atoms with Crippen LogP contribution in [0, 0.1) is 23.5 Å². The predicted octanol–water partition coefficient (Wildman–Crippen LogP) is 8.24. The molecule has 2 fully saturated rings. The van der Waals surface area contributed by atoms with Crippen molar-refractivity contribution in [2.45, 2.75) is 31.3 Å². The van der Waals surface area contributed by atoms with E-state index in [1.54, 1.807) is 11.3 Å². The molecule has 4 nitrogen and oxygen atoms in total. The largest absolute Gasteiger partial charge is 0.302 e. The summed E-state index contributed by atoms with van der Waals surface area (Å²) in [7, 11) is 0. The molecule has 1 saturated heterocycles. The Morgan fingerprint density at radius 2 is 1.21 bits per heavy atom. The zero-order valence-electron chi connectivity index (χ0n) is 22.9. The lowest BCUT2D eigenvalue weighted by Crippen LogP contribution is -2.50. The third-order valence-corrected chi connectivity index (χ3v) is 9.27. The molecule has 7 heteroatoms. The average molecular weight is 577 g/mol. The van der Waals surface area contributed by atoms with E-state index in [1.165, 1.54) is 24.3 Å². The van der Waals surface area contributed by atoms with Gasteiger partial charge in [-0.15, -0.1) is 16.4 Å². The van der Waals surface area contributed by atoms with Crippen LogP contribution in [0.3, 0.4) is 0 Å².